The summed E-state index contributed by atoms with van der Waals surface area (Å²) in [5.41, 5.74) is 6.33. The van der Waals surface area contributed by atoms with E-state index < -0.39 is 0 Å². The van der Waals surface area contributed by atoms with Gasteiger partial charge in [0.15, 0.2) is 0 Å². The average Bonchev–Trinajstić information content (AvgIpc) is 2.18. The van der Waals surface area contributed by atoms with Gasteiger partial charge < -0.3 is 10.5 Å². The van der Waals surface area contributed by atoms with Crippen molar-refractivity contribution in [1.29, 1.82) is 0 Å². The van der Waals surface area contributed by atoms with E-state index >= 15 is 0 Å². The van der Waals surface area contributed by atoms with Crippen molar-refractivity contribution >= 4 is 5.97 Å². The van der Waals surface area contributed by atoms with Crippen molar-refractivity contribution in [2.45, 2.75) is 13.0 Å². The van der Waals surface area contributed by atoms with E-state index in [0.29, 0.717) is 11.1 Å². The van der Waals surface area contributed by atoms with Gasteiger partial charge in [0.25, 0.3) is 0 Å². The van der Waals surface area contributed by atoms with E-state index in [4.69, 9.17) is 5.73 Å². The van der Waals surface area contributed by atoms with Gasteiger partial charge in [-0.2, -0.15) is 0 Å². The summed E-state index contributed by atoms with van der Waals surface area (Å²) in [5.74, 6) is -0.765. The van der Waals surface area contributed by atoms with Crippen molar-refractivity contribution in [3.63, 3.8) is 0 Å². The molecule has 1 aromatic rings. The Morgan fingerprint density at radius 1 is 1.57 bits per heavy atom. The van der Waals surface area contributed by atoms with Gasteiger partial charge in [-0.25, -0.2) is 4.39 Å². The standard InChI is InChI=1S/C10H12FNO2/c1-14-10(13)5-7-2-3-8(6-12)9(11)4-7/h2-4H,5-6,12H2,1H3. The van der Waals surface area contributed by atoms with Gasteiger partial charge in [-0.1, -0.05) is 12.1 Å². The second kappa shape index (κ2) is 4.72. The molecule has 0 unspecified atom stereocenters. The Balaban J connectivity index is 2.81. The predicted octanol–water partition coefficient (Wildman–Crippen LogP) is 1.000. The summed E-state index contributed by atoms with van der Waals surface area (Å²) in [5, 5.41) is 0. The largest absolute Gasteiger partial charge is 0.469 e. The fourth-order valence-corrected chi connectivity index (χ4v) is 1.11. The number of esters is 1. The van der Waals surface area contributed by atoms with E-state index in [1.54, 1.807) is 12.1 Å². The Hall–Kier alpha value is -1.42. The first-order valence-corrected chi connectivity index (χ1v) is 4.21. The Bertz CT molecular complexity index is 339. The van der Waals surface area contributed by atoms with Gasteiger partial charge in [0.1, 0.15) is 5.82 Å². The van der Waals surface area contributed by atoms with Crippen molar-refractivity contribution in [3.05, 3.63) is 35.1 Å². The lowest BCUT2D eigenvalue weighted by Gasteiger charge is -2.03. The third-order valence-electron chi connectivity index (χ3n) is 1.91. The number of halogens is 1. The smallest absolute Gasteiger partial charge is 0.309 e. The van der Waals surface area contributed by atoms with Crippen LogP contribution < -0.4 is 5.73 Å². The lowest BCUT2D eigenvalue weighted by molar-refractivity contribution is -0.139. The maximum absolute atomic E-state index is 13.2. The zero-order valence-electron chi connectivity index (χ0n) is 7.92. The van der Waals surface area contributed by atoms with Crippen LogP contribution in [0.1, 0.15) is 11.1 Å². The topological polar surface area (TPSA) is 52.3 Å². The summed E-state index contributed by atoms with van der Waals surface area (Å²) in [6, 6.07) is 4.55. The molecule has 1 aromatic carbocycles. The molecule has 0 saturated carbocycles. The molecule has 1 rings (SSSR count). The molecule has 0 fully saturated rings. The molecule has 0 atom stereocenters. The van der Waals surface area contributed by atoms with Crippen LogP contribution in [0.15, 0.2) is 18.2 Å². The number of methoxy groups -OCH3 is 1. The van der Waals surface area contributed by atoms with E-state index in [-0.39, 0.29) is 24.8 Å². The SMILES string of the molecule is COC(=O)Cc1ccc(CN)c(F)c1. The second-order valence-electron chi connectivity index (χ2n) is 2.88. The van der Waals surface area contributed by atoms with Gasteiger partial charge in [-0.05, 0) is 11.6 Å². The Morgan fingerprint density at radius 3 is 2.79 bits per heavy atom. The number of rotatable bonds is 3. The quantitative estimate of drug-likeness (QED) is 0.735. The molecule has 0 bridgehead atoms. The number of ether oxygens (including phenoxy) is 1. The van der Waals surface area contributed by atoms with Gasteiger partial charge in [-0.3, -0.25) is 4.79 Å². The van der Waals surface area contributed by atoms with Crippen LogP contribution in [0.25, 0.3) is 0 Å². The summed E-state index contributed by atoms with van der Waals surface area (Å²) in [6.07, 6.45) is 0.0816. The first-order valence-electron chi connectivity index (χ1n) is 4.21. The van der Waals surface area contributed by atoms with Gasteiger partial charge in [0.2, 0.25) is 0 Å². The molecule has 0 aliphatic heterocycles. The summed E-state index contributed by atoms with van der Waals surface area (Å²) in [7, 11) is 1.30. The van der Waals surface area contributed by atoms with Crippen LogP contribution in [0, 0.1) is 5.82 Å². The van der Waals surface area contributed by atoms with Crippen molar-refractivity contribution in [1.82, 2.24) is 0 Å². The first-order chi connectivity index (χ1) is 6.67. The average molecular weight is 197 g/mol. The molecule has 4 heteroatoms. The molecule has 0 saturated heterocycles. The molecule has 14 heavy (non-hydrogen) atoms. The molecule has 0 amide bonds. The highest BCUT2D eigenvalue weighted by atomic mass is 19.1. The molecule has 2 N–H and O–H groups in total. The van der Waals surface area contributed by atoms with Crippen molar-refractivity contribution < 1.29 is 13.9 Å². The predicted molar refractivity (Wildman–Crippen MR) is 50.0 cm³/mol. The van der Waals surface area contributed by atoms with E-state index in [1.807, 2.05) is 0 Å². The normalized spacial score (nSPS) is 9.93. The third kappa shape index (κ3) is 2.53. The van der Waals surface area contributed by atoms with Crippen LogP contribution in [0.3, 0.4) is 0 Å². The van der Waals surface area contributed by atoms with Gasteiger partial charge in [0, 0.05) is 12.1 Å². The van der Waals surface area contributed by atoms with Crippen molar-refractivity contribution in [2.24, 2.45) is 5.73 Å². The molecule has 0 aliphatic rings. The molecular formula is C10H12FNO2. The summed E-state index contributed by atoms with van der Waals surface area (Å²) >= 11 is 0. The van der Waals surface area contributed by atoms with E-state index in [9.17, 15) is 9.18 Å². The number of benzene rings is 1. The minimum Gasteiger partial charge on any atom is -0.469 e. The number of nitrogens with two attached hydrogens (primary N) is 1. The fraction of sp³-hybridized carbons (Fsp3) is 0.300. The number of hydrogen-bond donors (Lipinski definition) is 1. The van der Waals surface area contributed by atoms with E-state index in [0.717, 1.165) is 0 Å². The number of carbonyl (C=O) groups is 1. The molecule has 0 heterocycles. The Morgan fingerprint density at radius 2 is 2.29 bits per heavy atom. The highest BCUT2D eigenvalue weighted by molar-refractivity contribution is 5.72. The molecule has 0 spiro atoms. The number of hydrogen-bond acceptors (Lipinski definition) is 3. The highest BCUT2D eigenvalue weighted by Gasteiger charge is 2.06. The monoisotopic (exact) mass is 197 g/mol. The fourth-order valence-electron chi connectivity index (χ4n) is 1.11. The summed E-state index contributed by atoms with van der Waals surface area (Å²) in [4.78, 5) is 10.9. The Kier molecular flexibility index (Phi) is 3.59. The molecule has 0 aliphatic carbocycles. The molecule has 0 radical (unpaired) electrons. The number of carbonyl (C=O) groups excluding carboxylic acids is 1. The van der Waals surface area contributed by atoms with Gasteiger partial charge in [0.05, 0.1) is 13.5 Å². The van der Waals surface area contributed by atoms with Crippen LogP contribution in [-0.2, 0) is 22.5 Å². The molecule has 76 valence electrons. The van der Waals surface area contributed by atoms with Crippen LogP contribution in [0.4, 0.5) is 4.39 Å². The molecule has 0 aromatic heterocycles. The van der Waals surface area contributed by atoms with E-state index in [2.05, 4.69) is 4.74 Å². The summed E-state index contributed by atoms with van der Waals surface area (Å²) < 4.78 is 17.6. The molecular weight excluding hydrogens is 185 g/mol. The van der Waals surface area contributed by atoms with Crippen molar-refractivity contribution in [3.8, 4) is 0 Å². The molecule has 3 nitrogen and oxygen atoms in total. The third-order valence-corrected chi connectivity index (χ3v) is 1.91. The van der Waals surface area contributed by atoms with Crippen LogP contribution in [0.5, 0.6) is 0 Å². The minimum absolute atomic E-state index is 0.0816. The lowest BCUT2D eigenvalue weighted by atomic mass is 10.1. The van der Waals surface area contributed by atoms with Gasteiger partial charge in [-0.15, -0.1) is 0 Å². The zero-order valence-corrected chi connectivity index (χ0v) is 7.92. The highest BCUT2D eigenvalue weighted by Crippen LogP contribution is 2.10. The Labute approximate surface area is 81.7 Å². The lowest BCUT2D eigenvalue weighted by Crippen LogP contribution is -2.06. The maximum Gasteiger partial charge on any atom is 0.309 e. The van der Waals surface area contributed by atoms with Crippen LogP contribution in [-0.4, -0.2) is 13.1 Å². The van der Waals surface area contributed by atoms with Gasteiger partial charge >= 0.3 is 5.97 Å². The van der Waals surface area contributed by atoms with Crippen LogP contribution >= 0.6 is 0 Å². The maximum atomic E-state index is 13.2. The van der Waals surface area contributed by atoms with Crippen LogP contribution in [0.2, 0.25) is 0 Å². The zero-order chi connectivity index (χ0) is 10.6. The van der Waals surface area contributed by atoms with E-state index in [1.165, 1.54) is 13.2 Å². The summed E-state index contributed by atoms with van der Waals surface area (Å²) in [6.45, 7) is 0.157. The second-order valence-corrected chi connectivity index (χ2v) is 2.88. The minimum atomic E-state index is -0.384. The van der Waals surface area contributed by atoms with Crippen molar-refractivity contribution in [2.75, 3.05) is 7.11 Å². The first kappa shape index (κ1) is 10.7.